The monoisotopic (exact) mass is 407 g/mol. The van der Waals surface area contributed by atoms with Gasteiger partial charge in [0, 0.05) is 25.1 Å². The number of carbonyl (C=O) groups excluding carboxylic acids is 2. The van der Waals surface area contributed by atoms with Gasteiger partial charge in [0.15, 0.2) is 0 Å². The molecule has 0 saturated heterocycles. The Hall–Kier alpha value is -3.61. The van der Waals surface area contributed by atoms with Crippen molar-refractivity contribution in [3.05, 3.63) is 82.7 Å². The van der Waals surface area contributed by atoms with E-state index < -0.39 is 0 Å². The molecule has 2 amide bonds. The van der Waals surface area contributed by atoms with Crippen molar-refractivity contribution in [1.82, 2.24) is 15.8 Å². The van der Waals surface area contributed by atoms with Crippen LogP contribution in [0.1, 0.15) is 39.4 Å². The molecule has 0 spiro atoms. The van der Waals surface area contributed by atoms with Crippen molar-refractivity contribution in [2.75, 3.05) is 6.54 Å². The number of benzene rings is 2. The van der Waals surface area contributed by atoms with E-state index in [1.165, 1.54) is 0 Å². The van der Waals surface area contributed by atoms with Gasteiger partial charge in [0.1, 0.15) is 18.1 Å². The molecule has 0 saturated carbocycles. The zero-order valence-electron chi connectivity index (χ0n) is 17.1. The smallest absolute Gasteiger partial charge is 0.251 e. The fourth-order valence-corrected chi connectivity index (χ4v) is 2.87. The molecule has 3 rings (SSSR count). The first kappa shape index (κ1) is 21.1. The van der Waals surface area contributed by atoms with E-state index in [9.17, 15) is 9.59 Å². The van der Waals surface area contributed by atoms with Crippen LogP contribution >= 0.6 is 0 Å². The SMILES string of the molecule is Cc1noc(C)c1COc1cccc(C(=O)NCCC(=O)NCc2ccccc2)c1. The highest BCUT2D eigenvalue weighted by Crippen LogP contribution is 2.18. The number of carbonyl (C=O) groups is 2. The molecule has 7 heteroatoms. The van der Waals surface area contributed by atoms with Crippen molar-refractivity contribution < 1.29 is 18.8 Å². The molecular weight excluding hydrogens is 382 g/mol. The Bertz CT molecular complexity index is 979. The van der Waals surface area contributed by atoms with Crippen LogP contribution in [0.4, 0.5) is 0 Å². The molecular formula is C23H25N3O4. The predicted octanol–water partition coefficient (Wildman–Crippen LogP) is 3.31. The Balaban J connectivity index is 1.44. The highest BCUT2D eigenvalue weighted by Gasteiger charge is 2.11. The number of nitrogens with zero attached hydrogens (tertiary/aromatic N) is 1. The molecule has 2 aromatic carbocycles. The second-order valence-electron chi connectivity index (χ2n) is 6.89. The first-order chi connectivity index (χ1) is 14.5. The van der Waals surface area contributed by atoms with Crippen LogP contribution in [0.25, 0.3) is 0 Å². The van der Waals surface area contributed by atoms with Crippen molar-refractivity contribution in [2.45, 2.75) is 33.4 Å². The quantitative estimate of drug-likeness (QED) is 0.568. The van der Waals surface area contributed by atoms with E-state index in [0.717, 1.165) is 16.8 Å². The third-order valence-corrected chi connectivity index (χ3v) is 4.63. The number of aryl methyl sites for hydroxylation is 2. The molecule has 2 N–H and O–H groups in total. The molecule has 0 radical (unpaired) electrons. The van der Waals surface area contributed by atoms with Crippen LogP contribution in [-0.4, -0.2) is 23.5 Å². The van der Waals surface area contributed by atoms with Gasteiger partial charge in [-0.05, 0) is 37.6 Å². The van der Waals surface area contributed by atoms with Crippen molar-refractivity contribution in [3.63, 3.8) is 0 Å². The Morgan fingerprint density at radius 1 is 1.03 bits per heavy atom. The zero-order valence-corrected chi connectivity index (χ0v) is 17.1. The van der Waals surface area contributed by atoms with Crippen molar-refractivity contribution in [2.24, 2.45) is 0 Å². The predicted molar refractivity (Wildman–Crippen MR) is 112 cm³/mol. The van der Waals surface area contributed by atoms with Gasteiger partial charge < -0.3 is 19.9 Å². The number of aromatic nitrogens is 1. The van der Waals surface area contributed by atoms with Crippen LogP contribution in [0.15, 0.2) is 59.1 Å². The normalized spacial score (nSPS) is 10.5. The minimum absolute atomic E-state index is 0.115. The molecule has 1 heterocycles. The van der Waals surface area contributed by atoms with Gasteiger partial charge in [-0.2, -0.15) is 0 Å². The zero-order chi connectivity index (χ0) is 21.3. The summed E-state index contributed by atoms with van der Waals surface area (Å²) in [5, 5.41) is 9.50. The average Bonchev–Trinajstić information content (AvgIpc) is 3.09. The molecule has 30 heavy (non-hydrogen) atoms. The fraction of sp³-hybridized carbons (Fsp3) is 0.261. The Morgan fingerprint density at radius 2 is 1.83 bits per heavy atom. The highest BCUT2D eigenvalue weighted by atomic mass is 16.5. The number of hydrogen-bond acceptors (Lipinski definition) is 5. The Kier molecular flexibility index (Phi) is 7.21. The van der Waals surface area contributed by atoms with Crippen LogP contribution in [-0.2, 0) is 17.9 Å². The summed E-state index contributed by atoms with van der Waals surface area (Å²) in [6, 6.07) is 16.6. The molecule has 0 aliphatic rings. The summed E-state index contributed by atoms with van der Waals surface area (Å²) in [6.45, 7) is 4.73. The second-order valence-corrected chi connectivity index (χ2v) is 6.89. The summed E-state index contributed by atoms with van der Waals surface area (Å²) in [5.74, 6) is 0.916. The van der Waals surface area contributed by atoms with Crippen LogP contribution in [0.2, 0.25) is 0 Å². The van der Waals surface area contributed by atoms with Crippen LogP contribution in [0, 0.1) is 13.8 Å². The summed E-state index contributed by atoms with van der Waals surface area (Å²) in [6.07, 6.45) is 0.209. The summed E-state index contributed by atoms with van der Waals surface area (Å²) in [4.78, 5) is 24.3. The lowest BCUT2D eigenvalue weighted by atomic mass is 10.2. The minimum Gasteiger partial charge on any atom is -0.489 e. The largest absolute Gasteiger partial charge is 0.489 e. The summed E-state index contributed by atoms with van der Waals surface area (Å²) in [5.41, 5.74) is 3.18. The van der Waals surface area contributed by atoms with E-state index in [-0.39, 0.29) is 24.8 Å². The average molecular weight is 407 g/mol. The molecule has 0 unspecified atom stereocenters. The third kappa shape index (κ3) is 5.94. The molecule has 1 aromatic heterocycles. The molecule has 156 valence electrons. The maximum absolute atomic E-state index is 12.4. The molecule has 0 atom stereocenters. The maximum Gasteiger partial charge on any atom is 0.251 e. The van der Waals surface area contributed by atoms with Gasteiger partial charge in [0.25, 0.3) is 5.91 Å². The van der Waals surface area contributed by atoms with E-state index in [1.54, 1.807) is 24.3 Å². The molecule has 7 nitrogen and oxygen atoms in total. The highest BCUT2D eigenvalue weighted by molar-refractivity contribution is 5.94. The van der Waals surface area contributed by atoms with Gasteiger partial charge in [-0.15, -0.1) is 0 Å². The number of ether oxygens (including phenoxy) is 1. The van der Waals surface area contributed by atoms with Crippen LogP contribution in [0.3, 0.4) is 0 Å². The second kappa shape index (κ2) is 10.2. The number of amides is 2. The van der Waals surface area contributed by atoms with E-state index in [4.69, 9.17) is 9.26 Å². The molecule has 0 fully saturated rings. The first-order valence-electron chi connectivity index (χ1n) is 9.76. The van der Waals surface area contributed by atoms with E-state index in [2.05, 4.69) is 15.8 Å². The molecule has 0 aliphatic heterocycles. The topological polar surface area (TPSA) is 93.5 Å². The Labute approximate surface area is 175 Å². The number of nitrogens with one attached hydrogen (secondary N) is 2. The van der Waals surface area contributed by atoms with E-state index in [1.807, 2.05) is 44.2 Å². The lowest BCUT2D eigenvalue weighted by Crippen LogP contribution is -2.30. The molecule has 0 bridgehead atoms. The van der Waals surface area contributed by atoms with Gasteiger partial charge in [-0.3, -0.25) is 9.59 Å². The fourth-order valence-electron chi connectivity index (χ4n) is 2.87. The standard InChI is InChI=1S/C23H25N3O4/c1-16-21(17(2)30-26-16)15-29-20-10-6-9-19(13-20)23(28)24-12-11-22(27)25-14-18-7-4-3-5-8-18/h3-10,13H,11-12,14-15H2,1-2H3,(H,24,28)(H,25,27). The Morgan fingerprint density at radius 3 is 2.57 bits per heavy atom. The van der Waals surface area contributed by atoms with Crippen LogP contribution in [0.5, 0.6) is 5.75 Å². The number of hydrogen-bond donors (Lipinski definition) is 2. The summed E-state index contributed by atoms with van der Waals surface area (Å²) < 4.78 is 10.9. The van der Waals surface area contributed by atoms with Crippen molar-refractivity contribution in [1.29, 1.82) is 0 Å². The van der Waals surface area contributed by atoms with Gasteiger partial charge >= 0.3 is 0 Å². The van der Waals surface area contributed by atoms with Gasteiger partial charge in [0.05, 0.1) is 11.3 Å². The maximum atomic E-state index is 12.4. The summed E-state index contributed by atoms with van der Waals surface area (Å²) >= 11 is 0. The van der Waals surface area contributed by atoms with Gasteiger partial charge in [-0.1, -0.05) is 41.6 Å². The van der Waals surface area contributed by atoms with E-state index in [0.29, 0.717) is 30.2 Å². The first-order valence-corrected chi connectivity index (χ1v) is 9.76. The minimum atomic E-state index is -0.256. The van der Waals surface area contributed by atoms with Gasteiger partial charge in [-0.25, -0.2) is 0 Å². The van der Waals surface area contributed by atoms with Crippen molar-refractivity contribution >= 4 is 11.8 Å². The lowest BCUT2D eigenvalue weighted by Gasteiger charge is -2.09. The lowest BCUT2D eigenvalue weighted by molar-refractivity contribution is -0.121. The molecule has 3 aromatic rings. The summed E-state index contributed by atoms with van der Waals surface area (Å²) in [7, 11) is 0. The number of rotatable bonds is 9. The van der Waals surface area contributed by atoms with Gasteiger partial charge in [0.2, 0.25) is 5.91 Å². The third-order valence-electron chi connectivity index (χ3n) is 4.63. The van der Waals surface area contributed by atoms with Crippen molar-refractivity contribution in [3.8, 4) is 5.75 Å². The molecule has 0 aliphatic carbocycles. The van der Waals surface area contributed by atoms with Crippen LogP contribution < -0.4 is 15.4 Å². The van der Waals surface area contributed by atoms with E-state index >= 15 is 0 Å².